The Morgan fingerprint density at radius 1 is 1.27 bits per heavy atom. The Morgan fingerprint density at radius 2 is 1.95 bits per heavy atom. The third kappa shape index (κ3) is 4.34. The second-order valence-electron chi connectivity index (χ2n) is 6.23. The highest BCUT2D eigenvalue weighted by Crippen LogP contribution is 2.33. The van der Waals surface area contributed by atoms with Crippen molar-refractivity contribution in [2.24, 2.45) is 5.92 Å². The van der Waals surface area contributed by atoms with Crippen molar-refractivity contribution in [2.75, 3.05) is 44.7 Å². The smallest absolute Gasteiger partial charge is 0.273 e. The zero-order valence-electron chi connectivity index (χ0n) is 13.6. The average molecular weight is 307 g/mol. The van der Waals surface area contributed by atoms with Crippen molar-refractivity contribution in [3.8, 4) is 5.75 Å². The SMILES string of the molecule is CC(C)CCOc1cc([N+](=O)[O-])ccc1N1CCN(C)CC1. The minimum atomic E-state index is -0.372. The van der Waals surface area contributed by atoms with Crippen LogP contribution in [-0.4, -0.2) is 49.7 Å². The fourth-order valence-electron chi connectivity index (χ4n) is 2.45. The fourth-order valence-corrected chi connectivity index (χ4v) is 2.45. The van der Waals surface area contributed by atoms with Gasteiger partial charge in [-0.15, -0.1) is 0 Å². The van der Waals surface area contributed by atoms with Gasteiger partial charge in [0.25, 0.3) is 5.69 Å². The summed E-state index contributed by atoms with van der Waals surface area (Å²) in [6, 6.07) is 4.92. The Kier molecular flexibility index (Phi) is 5.60. The van der Waals surface area contributed by atoms with Gasteiger partial charge in [-0.1, -0.05) is 13.8 Å². The van der Waals surface area contributed by atoms with Crippen LogP contribution in [-0.2, 0) is 0 Å². The van der Waals surface area contributed by atoms with E-state index >= 15 is 0 Å². The fraction of sp³-hybridized carbons (Fsp3) is 0.625. The monoisotopic (exact) mass is 307 g/mol. The van der Waals surface area contributed by atoms with Crippen LogP contribution in [0.5, 0.6) is 5.75 Å². The van der Waals surface area contributed by atoms with Gasteiger partial charge in [0.15, 0.2) is 0 Å². The van der Waals surface area contributed by atoms with Crippen LogP contribution in [0.4, 0.5) is 11.4 Å². The van der Waals surface area contributed by atoms with Crippen LogP contribution in [0.25, 0.3) is 0 Å². The molecule has 0 atom stereocenters. The van der Waals surface area contributed by atoms with Gasteiger partial charge in [-0.3, -0.25) is 10.1 Å². The van der Waals surface area contributed by atoms with Crippen LogP contribution in [0, 0.1) is 16.0 Å². The summed E-state index contributed by atoms with van der Waals surface area (Å²) >= 11 is 0. The van der Waals surface area contributed by atoms with E-state index in [1.165, 1.54) is 0 Å². The quantitative estimate of drug-likeness (QED) is 0.597. The number of hydrogen-bond acceptors (Lipinski definition) is 5. The molecular formula is C16H25N3O3. The second-order valence-corrected chi connectivity index (χ2v) is 6.23. The molecule has 1 saturated heterocycles. The number of nitro groups is 1. The molecule has 1 fully saturated rings. The topological polar surface area (TPSA) is 58.9 Å². The van der Waals surface area contributed by atoms with Crippen molar-refractivity contribution in [2.45, 2.75) is 20.3 Å². The number of non-ortho nitro benzene ring substituents is 1. The molecule has 0 N–H and O–H groups in total. The number of piperazine rings is 1. The number of nitro benzene ring substituents is 1. The zero-order chi connectivity index (χ0) is 16.1. The predicted octanol–water partition coefficient (Wildman–Crippen LogP) is 2.77. The standard InChI is InChI=1S/C16H25N3O3/c1-13(2)6-11-22-16-12-14(19(20)21)4-5-15(16)18-9-7-17(3)8-10-18/h4-5,12-13H,6-11H2,1-3H3. The van der Waals surface area contributed by atoms with Gasteiger partial charge in [-0.25, -0.2) is 0 Å². The van der Waals surface area contributed by atoms with Gasteiger partial charge in [0.2, 0.25) is 0 Å². The second kappa shape index (κ2) is 7.45. The maximum absolute atomic E-state index is 11.0. The first-order valence-corrected chi connectivity index (χ1v) is 7.82. The summed E-state index contributed by atoms with van der Waals surface area (Å²) < 4.78 is 5.86. The Bertz CT molecular complexity index is 511. The van der Waals surface area contributed by atoms with Crippen molar-refractivity contribution in [1.82, 2.24) is 4.90 Å². The molecule has 1 aliphatic rings. The molecule has 0 spiro atoms. The molecule has 6 nitrogen and oxygen atoms in total. The Hall–Kier alpha value is -1.82. The molecule has 1 aliphatic heterocycles. The zero-order valence-corrected chi connectivity index (χ0v) is 13.6. The number of likely N-dealkylation sites (N-methyl/N-ethyl adjacent to an activating group) is 1. The lowest BCUT2D eigenvalue weighted by Crippen LogP contribution is -2.44. The largest absolute Gasteiger partial charge is 0.491 e. The third-order valence-corrected chi connectivity index (χ3v) is 3.95. The normalized spacial score (nSPS) is 16.1. The third-order valence-electron chi connectivity index (χ3n) is 3.95. The predicted molar refractivity (Wildman–Crippen MR) is 87.8 cm³/mol. The van der Waals surface area contributed by atoms with Crippen molar-refractivity contribution < 1.29 is 9.66 Å². The molecular weight excluding hydrogens is 282 g/mol. The molecule has 22 heavy (non-hydrogen) atoms. The van der Waals surface area contributed by atoms with Gasteiger partial charge in [0, 0.05) is 32.2 Å². The summed E-state index contributed by atoms with van der Waals surface area (Å²) in [6.07, 6.45) is 0.935. The number of ether oxygens (including phenoxy) is 1. The van der Waals surface area contributed by atoms with E-state index in [9.17, 15) is 10.1 Å². The number of hydrogen-bond donors (Lipinski definition) is 0. The highest BCUT2D eigenvalue weighted by atomic mass is 16.6. The first kappa shape index (κ1) is 16.5. The van der Waals surface area contributed by atoms with Crippen LogP contribution in [0.3, 0.4) is 0 Å². The molecule has 0 aromatic heterocycles. The summed E-state index contributed by atoms with van der Waals surface area (Å²) in [4.78, 5) is 15.1. The molecule has 0 aliphatic carbocycles. The average Bonchev–Trinajstić information content (AvgIpc) is 2.47. The maximum Gasteiger partial charge on any atom is 0.273 e. The van der Waals surface area contributed by atoms with Crippen molar-refractivity contribution in [3.63, 3.8) is 0 Å². The van der Waals surface area contributed by atoms with E-state index in [0.717, 1.165) is 38.3 Å². The van der Waals surface area contributed by atoms with Gasteiger partial charge in [0.1, 0.15) is 5.75 Å². The molecule has 1 heterocycles. The number of anilines is 1. The van der Waals surface area contributed by atoms with Gasteiger partial charge >= 0.3 is 0 Å². The van der Waals surface area contributed by atoms with E-state index < -0.39 is 0 Å². The van der Waals surface area contributed by atoms with Crippen molar-refractivity contribution in [1.29, 1.82) is 0 Å². The van der Waals surface area contributed by atoms with Crippen LogP contribution in [0.15, 0.2) is 18.2 Å². The van der Waals surface area contributed by atoms with Gasteiger partial charge in [-0.05, 0) is 25.5 Å². The van der Waals surface area contributed by atoms with Crippen molar-refractivity contribution >= 4 is 11.4 Å². The molecule has 1 aromatic carbocycles. The number of benzene rings is 1. The first-order valence-electron chi connectivity index (χ1n) is 7.82. The Morgan fingerprint density at radius 3 is 2.55 bits per heavy atom. The van der Waals surface area contributed by atoms with Gasteiger partial charge < -0.3 is 14.5 Å². The Balaban J connectivity index is 2.17. The first-order chi connectivity index (χ1) is 10.5. The minimum Gasteiger partial charge on any atom is -0.491 e. The lowest BCUT2D eigenvalue weighted by atomic mass is 10.1. The molecule has 0 bridgehead atoms. The van der Waals surface area contributed by atoms with Crippen LogP contribution in [0.1, 0.15) is 20.3 Å². The summed E-state index contributed by atoms with van der Waals surface area (Å²) in [5.74, 6) is 1.17. The van der Waals surface area contributed by atoms with Crippen LogP contribution in [0.2, 0.25) is 0 Å². The summed E-state index contributed by atoms with van der Waals surface area (Å²) in [7, 11) is 2.10. The molecule has 0 saturated carbocycles. The molecule has 122 valence electrons. The van der Waals surface area contributed by atoms with Gasteiger partial charge in [0.05, 0.1) is 23.3 Å². The van der Waals surface area contributed by atoms with E-state index in [-0.39, 0.29) is 10.6 Å². The highest BCUT2D eigenvalue weighted by molar-refractivity contribution is 5.62. The molecule has 1 aromatic rings. The summed E-state index contributed by atoms with van der Waals surface area (Å²) in [5.41, 5.74) is 1.04. The van der Waals surface area contributed by atoms with Gasteiger partial charge in [-0.2, -0.15) is 0 Å². The summed E-state index contributed by atoms with van der Waals surface area (Å²) in [5, 5.41) is 11.0. The molecule has 0 radical (unpaired) electrons. The highest BCUT2D eigenvalue weighted by Gasteiger charge is 2.20. The van der Waals surface area contributed by atoms with E-state index in [1.807, 2.05) is 6.07 Å². The summed E-state index contributed by atoms with van der Waals surface area (Å²) in [6.45, 7) is 8.66. The van der Waals surface area contributed by atoms with Crippen LogP contribution < -0.4 is 9.64 Å². The Labute approximate surface area is 131 Å². The van der Waals surface area contributed by atoms with Crippen molar-refractivity contribution in [3.05, 3.63) is 28.3 Å². The minimum absolute atomic E-state index is 0.0809. The molecule has 6 heteroatoms. The number of nitrogens with zero attached hydrogens (tertiary/aromatic N) is 3. The molecule has 0 unspecified atom stereocenters. The molecule has 0 amide bonds. The lowest BCUT2D eigenvalue weighted by Gasteiger charge is -2.34. The number of rotatable bonds is 6. The molecule has 2 rings (SSSR count). The maximum atomic E-state index is 11.0. The van der Waals surface area contributed by atoms with E-state index in [2.05, 4.69) is 30.7 Å². The van der Waals surface area contributed by atoms with Crippen LogP contribution >= 0.6 is 0 Å². The van der Waals surface area contributed by atoms with E-state index in [0.29, 0.717) is 18.3 Å². The lowest BCUT2D eigenvalue weighted by molar-refractivity contribution is -0.384. The van der Waals surface area contributed by atoms with E-state index in [4.69, 9.17) is 4.74 Å². The van der Waals surface area contributed by atoms with E-state index in [1.54, 1.807) is 12.1 Å².